The van der Waals surface area contributed by atoms with Gasteiger partial charge in [0.1, 0.15) is 0 Å². The third-order valence-electron chi connectivity index (χ3n) is 4.22. The van der Waals surface area contributed by atoms with Crippen LogP contribution in [0.2, 0.25) is 0 Å². The van der Waals surface area contributed by atoms with Crippen LogP contribution in [0.15, 0.2) is 29.2 Å². The third kappa shape index (κ3) is 3.15. The highest BCUT2D eigenvalue weighted by Gasteiger charge is 2.44. The van der Waals surface area contributed by atoms with Crippen molar-refractivity contribution in [1.82, 2.24) is 0 Å². The van der Waals surface area contributed by atoms with Crippen molar-refractivity contribution >= 4 is 9.84 Å². The topological polar surface area (TPSA) is 43.4 Å². The summed E-state index contributed by atoms with van der Waals surface area (Å²) in [4.78, 5) is -0.276. The van der Waals surface area contributed by atoms with Crippen molar-refractivity contribution in [3.05, 3.63) is 29.8 Å². The second kappa shape index (κ2) is 5.85. The van der Waals surface area contributed by atoms with Crippen LogP contribution in [-0.2, 0) is 20.8 Å². The molecule has 124 valence electrons. The summed E-state index contributed by atoms with van der Waals surface area (Å²) >= 11 is 0. The number of ether oxygens (including phenoxy) is 1. The lowest BCUT2D eigenvalue weighted by Gasteiger charge is -2.37. The van der Waals surface area contributed by atoms with E-state index >= 15 is 0 Å². The fourth-order valence-electron chi connectivity index (χ4n) is 2.71. The maximum Gasteiger partial charge on any atom is 0.416 e. The molecular weight excluding hydrogens is 317 g/mol. The summed E-state index contributed by atoms with van der Waals surface area (Å²) in [5.74, 6) is 0. The lowest BCUT2D eigenvalue weighted by molar-refractivity contribution is -0.137. The first kappa shape index (κ1) is 17.3. The third-order valence-corrected chi connectivity index (χ3v) is 6.76. The second-order valence-corrected chi connectivity index (χ2v) is 8.30. The van der Waals surface area contributed by atoms with Gasteiger partial charge in [-0.2, -0.15) is 13.2 Å². The number of rotatable bonds is 3. The van der Waals surface area contributed by atoms with Gasteiger partial charge in [-0.25, -0.2) is 8.42 Å². The molecule has 0 spiro atoms. The minimum absolute atomic E-state index is 0.181. The molecule has 1 saturated heterocycles. The Morgan fingerprint density at radius 3 is 2.64 bits per heavy atom. The fraction of sp³-hybridized carbons (Fsp3) is 0.600. The van der Waals surface area contributed by atoms with Gasteiger partial charge in [0.2, 0.25) is 0 Å². The molecule has 1 aliphatic heterocycles. The van der Waals surface area contributed by atoms with Gasteiger partial charge in [0, 0.05) is 6.61 Å². The van der Waals surface area contributed by atoms with Gasteiger partial charge in [-0.05, 0) is 44.4 Å². The van der Waals surface area contributed by atoms with Gasteiger partial charge < -0.3 is 4.74 Å². The largest absolute Gasteiger partial charge is 0.416 e. The van der Waals surface area contributed by atoms with E-state index in [2.05, 4.69) is 0 Å². The smallest absolute Gasteiger partial charge is 0.378 e. The summed E-state index contributed by atoms with van der Waals surface area (Å²) in [5.41, 5.74) is -0.948. The predicted octanol–water partition coefficient (Wildman–Crippen LogP) is 3.83. The van der Waals surface area contributed by atoms with Crippen LogP contribution < -0.4 is 0 Å². The number of benzene rings is 1. The van der Waals surface area contributed by atoms with Crippen molar-refractivity contribution < 1.29 is 26.3 Å². The first-order valence-electron chi connectivity index (χ1n) is 7.13. The van der Waals surface area contributed by atoms with E-state index in [0.717, 1.165) is 18.2 Å². The molecule has 1 aromatic rings. The average molecular weight is 336 g/mol. The molecule has 2 unspecified atom stereocenters. The summed E-state index contributed by atoms with van der Waals surface area (Å²) < 4.78 is 68.4. The summed E-state index contributed by atoms with van der Waals surface area (Å²) in [7, 11) is -3.87. The molecule has 2 atom stereocenters. The van der Waals surface area contributed by atoms with E-state index < -0.39 is 26.3 Å². The van der Waals surface area contributed by atoms with Crippen molar-refractivity contribution in [2.45, 2.75) is 55.0 Å². The molecule has 0 radical (unpaired) electrons. The molecule has 1 aliphatic rings. The van der Waals surface area contributed by atoms with Gasteiger partial charge in [-0.3, -0.25) is 0 Å². The molecule has 3 nitrogen and oxygen atoms in total. The van der Waals surface area contributed by atoms with E-state index in [0.29, 0.717) is 19.4 Å². The average Bonchev–Trinajstić information content (AvgIpc) is 2.46. The van der Waals surface area contributed by atoms with Crippen LogP contribution in [0.3, 0.4) is 0 Å². The lowest BCUT2D eigenvalue weighted by atomic mass is 9.95. The number of hydrogen-bond acceptors (Lipinski definition) is 3. The maximum absolute atomic E-state index is 12.8. The van der Waals surface area contributed by atoms with Crippen LogP contribution >= 0.6 is 0 Å². The van der Waals surface area contributed by atoms with Gasteiger partial charge in [0.25, 0.3) is 0 Å². The van der Waals surface area contributed by atoms with E-state index in [1.165, 1.54) is 6.07 Å². The zero-order chi connectivity index (χ0) is 16.6. The quantitative estimate of drug-likeness (QED) is 0.843. The van der Waals surface area contributed by atoms with Crippen molar-refractivity contribution in [3.8, 4) is 0 Å². The lowest BCUT2D eigenvalue weighted by Crippen LogP contribution is -2.44. The van der Waals surface area contributed by atoms with Crippen molar-refractivity contribution in [2.24, 2.45) is 0 Å². The second-order valence-electron chi connectivity index (χ2n) is 5.83. The Balaban J connectivity index is 2.42. The zero-order valence-corrected chi connectivity index (χ0v) is 13.3. The first-order chi connectivity index (χ1) is 10.1. The highest BCUT2D eigenvalue weighted by molar-refractivity contribution is 7.92. The van der Waals surface area contributed by atoms with E-state index in [4.69, 9.17) is 4.74 Å². The Morgan fingerprint density at radius 2 is 2.05 bits per heavy atom. The molecule has 1 fully saturated rings. The standard InChI is InChI=1S/C15H19F3O3S/c1-3-12-10-14(2,7-8-21-12)22(19,20)13-6-4-5-11(9-13)15(16,17)18/h4-6,9,12H,3,7-8,10H2,1-2H3. The van der Waals surface area contributed by atoms with Crippen molar-refractivity contribution in [3.63, 3.8) is 0 Å². The van der Waals surface area contributed by atoms with E-state index in [-0.39, 0.29) is 17.4 Å². The SMILES string of the molecule is CCC1CC(C)(S(=O)(=O)c2cccc(C(F)(F)F)c2)CCO1. The number of halogens is 3. The maximum atomic E-state index is 12.8. The number of hydrogen-bond donors (Lipinski definition) is 0. The molecule has 0 amide bonds. The minimum atomic E-state index is -4.56. The van der Waals surface area contributed by atoms with Gasteiger partial charge in [0.15, 0.2) is 9.84 Å². The first-order valence-corrected chi connectivity index (χ1v) is 8.62. The molecule has 0 bridgehead atoms. The summed E-state index contributed by atoms with van der Waals surface area (Å²) in [6, 6.07) is 3.96. The normalized spacial score (nSPS) is 26.9. The Morgan fingerprint density at radius 1 is 1.36 bits per heavy atom. The Kier molecular flexibility index (Phi) is 4.59. The predicted molar refractivity (Wildman–Crippen MR) is 76.3 cm³/mol. The molecule has 22 heavy (non-hydrogen) atoms. The van der Waals surface area contributed by atoms with Crippen LogP contribution in [0, 0.1) is 0 Å². The monoisotopic (exact) mass is 336 g/mol. The van der Waals surface area contributed by atoms with Gasteiger partial charge >= 0.3 is 6.18 Å². The fourth-order valence-corrected chi connectivity index (χ4v) is 4.58. The summed E-state index contributed by atoms with van der Waals surface area (Å²) in [5, 5.41) is 0. The molecule has 1 aromatic carbocycles. The van der Waals surface area contributed by atoms with Gasteiger partial charge in [-0.1, -0.05) is 13.0 Å². The molecule has 0 N–H and O–H groups in total. The molecule has 0 saturated carbocycles. The Bertz CT molecular complexity index is 640. The molecule has 0 aliphatic carbocycles. The van der Waals surface area contributed by atoms with Crippen LogP contribution in [0.1, 0.15) is 38.7 Å². The molecule has 2 rings (SSSR count). The Hall–Kier alpha value is -1.08. The molecular formula is C15H19F3O3S. The van der Waals surface area contributed by atoms with E-state index in [1.807, 2.05) is 6.92 Å². The van der Waals surface area contributed by atoms with E-state index in [1.54, 1.807) is 6.92 Å². The summed E-state index contributed by atoms with van der Waals surface area (Å²) in [6.45, 7) is 3.79. The van der Waals surface area contributed by atoms with Gasteiger partial charge in [-0.15, -0.1) is 0 Å². The zero-order valence-electron chi connectivity index (χ0n) is 12.5. The minimum Gasteiger partial charge on any atom is -0.378 e. The van der Waals surface area contributed by atoms with Crippen LogP contribution in [-0.4, -0.2) is 25.9 Å². The van der Waals surface area contributed by atoms with Crippen molar-refractivity contribution in [2.75, 3.05) is 6.61 Å². The molecule has 7 heteroatoms. The van der Waals surface area contributed by atoms with Crippen LogP contribution in [0.25, 0.3) is 0 Å². The highest BCUT2D eigenvalue weighted by atomic mass is 32.2. The number of alkyl halides is 3. The Labute approximate surface area is 128 Å². The number of sulfone groups is 1. The van der Waals surface area contributed by atoms with E-state index in [9.17, 15) is 21.6 Å². The summed E-state index contributed by atoms with van der Waals surface area (Å²) in [6.07, 6.45) is -3.49. The van der Waals surface area contributed by atoms with Crippen molar-refractivity contribution in [1.29, 1.82) is 0 Å². The molecule has 0 aromatic heterocycles. The highest BCUT2D eigenvalue weighted by Crippen LogP contribution is 2.39. The molecule has 1 heterocycles. The van der Waals surface area contributed by atoms with Crippen LogP contribution in [0.4, 0.5) is 13.2 Å². The van der Waals surface area contributed by atoms with Crippen LogP contribution in [0.5, 0.6) is 0 Å². The van der Waals surface area contributed by atoms with Gasteiger partial charge in [0.05, 0.1) is 21.3 Å².